The van der Waals surface area contributed by atoms with Crippen molar-refractivity contribution in [2.24, 2.45) is 23.7 Å². The molecule has 2 N–H and O–H groups in total. The van der Waals surface area contributed by atoms with Crippen molar-refractivity contribution in [3.63, 3.8) is 0 Å². The molecule has 3 aromatic carbocycles. The molecule has 4 atom stereocenters. The van der Waals surface area contributed by atoms with Gasteiger partial charge in [-0.1, -0.05) is 73.7 Å². The minimum atomic E-state index is -1.02. The standard InChI is InChI=1S/C30H29ClO8/c31-23-15-7-14-22-24(23)26(39-30(37)21-13-6-4-11-19(21)28(34)35)17-9-2-1-8-16(17)25(22)38-29(36)20-12-5-3-10-18(20)27(32)33/h1-2,7-9,14-15,18-21H,3-6,10-13H2,(H,32,33)(H,34,35). The molecule has 0 bridgehead atoms. The second kappa shape index (κ2) is 11.2. The summed E-state index contributed by atoms with van der Waals surface area (Å²) in [5, 5.41) is 21.4. The lowest BCUT2D eigenvalue weighted by atomic mass is 9.79. The average Bonchev–Trinajstić information content (AvgIpc) is 2.94. The van der Waals surface area contributed by atoms with Gasteiger partial charge >= 0.3 is 23.9 Å². The molecule has 204 valence electrons. The van der Waals surface area contributed by atoms with E-state index in [0.717, 1.165) is 25.7 Å². The molecule has 2 fully saturated rings. The molecule has 0 amide bonds. The third-order valence-electron chi connectivity index (χ3n) is 8.08. The van der Waals surface area contributed by atoms with Gasteiger partial charge in [0.25, 0.3) is 0 Å². The van der Waals surface area contributed by atoms with Crippen LogP contribution < -0.4 is 9.47 Å². The third kappa shape index (κ3) is 5.17. The number of rotatable bonds is 6. The Labute approximate surface area is 229 Å². The molecular formula is C30H29ClO8. The van der Waals surface area contributed by atoms with E-state index in [4.69, 9.17) is 21.1 Å². The van der Waals surface area contributed by atoms with Crippen LogP contribution in [0.3, 0.4) is 0 Å². The first-order valence-corrected chi connectivity index (χ1v) is 13.7. The predicted molar refractivity (Wildman–Crippen MR) is 144 cm³/mol. The van der Waals surface area contributed by atoms with Crippen molar-refractivity contribution in [1.29, 1.82) is 0 Å². The van der Waals surface area contributed by atoms with Crippen LogP contribution in [0.1, 0.15) is 51.4 Å². The molecule has 5 rings (SSSR count). The van der Waals surface area contributed by atoms with Crippen molar-refractivity contribution in [2.75, 3.05) is 0 Å². The lowest BCUT2D eigenvalue weighted by Gasteiger charge is -2.28. The molecular weight excluding hydrogens is 524 g/mol. The Hall–Kier alpha value is -3.65. The number of carbonyl (C=O) groups is 4. The molecule has 0 spiro atoms. The molecule has 2 aliphatic rings. The summed E-state index contributed by atoms with van der Waals surface area (Å²) in [6, 6.07) is 12.0. The molecule has 0 aliphatic heterocycles. The normalized spacial score (nSPS) is 23.3. The monoisotopic (exact) mass is 552 g/mol. The van der Waals surface area contributed by atoms with Crippen LogP contribution in [-0.4, -0.2) is 34.1 Å². The van der Waals surface area contributed by atoms with Gasteiger partial charge in [-0.25, -0.2) is 0 Å². The number of ether oxygens (including phenoxy) is 2. The first-order chi connectivity index (χ1) is 18.8. The first-order valence-electron chi connectivity index (χ1n) is 13.3. The smallest absolute Gasteiger partial charge is 0.315 e. The van der Waals surface area contributed by atoms with Gasteiger partial charge < -0.3 is 19.7 Å². The summed E-state index contributed by atoms with van der Waals surface area (Å²) in [4.78, 5) is 50.4. The van der Waals surface area contributed by atoms with Crippen molar-refractivity contribution in [1.82, 2.24) is 0 Å². The lowest BCUT2D eigenvalue weighted by Crippen LogP contribution is -2.35. The van der Waals surface area contributed by atoms with Crippen LogP contribution in [-0.2, 0) is 19.2 Å². The van der Waals surface area contributed by atoms with Gasteiger partial charge in [0.2, 0.25) is 0 Å². The Balaban J connectivity index is 1.60. The number of hydrogen-bond donors (Lipinski definition) is 2. The maximum Gasteiger partial charge on any atom is 0.315 e. The molecule has 8 nitrogen and oxygen atoms in total. The minimum absolute atomic E-state index is 0.173. The van der Waals surface area contributed by atoms with E-state index in [2.05, 4.69) is 0 Å². The van der Waals surface area contributed by atoms with Crippen molar-refractivity contribution in [3.05, 3.63) is 47.5 Å². The minimum Gasteiger partial charge on any atom is -0.481 e. The van der Waals surface area contributed by atoms with Crippen LogP contribution >= 0.6 is 11.6 Å². The van der Waals surface area contributed by atoms with Gasteiger partial charge in [-0.2, -0.15) is 0 Å². The van der Waals surface area contributed by atoms with Crippen molar-refractivity contribution < 1.29 is 38.9 Å². The second-order valence-corrected chi connectivity index (χ2v) is 10.8. The number of hydrogen-bond acceptors (Lipinski definition) is 6. The Bertz CT molecular complexity index is 1460. The Morgan fingerprint density at radius 1 is 0.615 bits per heavy atom. The number of esters is 2. The molecule has 0 aromatic heterocycles. The zero-order chi connectivity index (χ0) is 27.7. The van der Waals surface area contributed by atoms with E-state index in [1.807, 2.05) is 0 Å². The Morgan fingerprint density at radius 2 is 1.05 bits per heavy atom. The quantitative estimate of drug-likeness (QED) is 0.209. The highest BCUT2D eigenvalue weighted by molar-refractivity contribution is 6.37. The topological polar surface area (TPSA) is 127 Å². The number of aliphatic carboxylic acids is 2. The molecule has 2 aliphatic carbocycles. The average molecular weight is 553 g/mol. The van der Waals surface area contributed by atoms with Crippen LogP contribution in [0.25, 0.3) is 21.5 Å². The number of carbonyl (C=O) groups excluding carboxylic acids is 2. The number of benzene rings is 3. The number of carboxylic acid groups (broad SMARTS) is 2. The highest BCUT2D eigenvalue weighted by atomic mass is 35.5. The fraction of sp³-hybridized carbons (Fsp3) is 0.400. The molecule has 2 saturated carbocycles. The summed E-state index contributed by atoms with van der Waals surface area (Å²) in [5.41, 5.74) is 0. The zero-order valence-corrected chi connectivity index (χ0v) is 22.0. The van der Waals surface area contributed by atoms with Gasteiger partial charge in [-0.3, -0.25) is 19.2 Å². The number of fused-ring (bicyclic) bond motifs is 2. The van der Waals surface area contributed by atoms with Crippen molar-refractivity contribution in [2.45, 2.75) is 51.4 Å². The number of carboxylic acids is 2. The van der Waals surface area contributed by atoms with Crippen molar-refractivity contribution >= 4 is 57.0 Å². The predicted octanol–water partition coefficient (Wildman–Crippen LogP) is 6.24. The maximum atomic E-state index is 13.4. The lowest BCUT2D eigenvalue weighted by molar-refractivity contribution is -0.154. The summed E-state index contributed by atoms with van der Waals surface area (Å²) in [6.07, 6.45) is 4.62. The SMILES string of the molecule is O=C(O)C1CCCCC1C(=O)Oc1c2ccccc2c(OC(=O)C2CCCCC2C(=O)O)c2c(Cl)cccc12. The summed E-state index contributed by atoms with van der Waals surface area (Å²) in [7, 11) is 0. The van der Waals surface area contributed by atoms with E-state index >= 15 is 0 Å². The van der Waals surface area contributed by atoms with Crippen LogP contribution in [0.2, 0.25) is 5.02 Å². The zero-order valence-electron chi connectivity index (χ0n) is 21.2. The molecule has 39 heavy (non-hydrogen) atoms. The summed E-state index contributed by atoms with van der Waals surface area (Å²) < 4.78 is 11.9. The fourth-order valence-corrected chi connectivity index (χ4v) is 6.35. The van der Waals surface area contributed by atoms with Gasteiger partial charge in [-0.05, 0) is 31.7 Å². The number of halogens is 1. The van der Waals surface area contributed by atoms with Crippen LogP contribution in [0, 0.1) is 23.7 Å². The molecule has 0 radical (unpaired) electrons. The Morgan fingerprint density at radius 3 is 1.56 bits per heavy atom. The van der Waals surface area contributed by atoms with Gasteiger partial charge in [0.05, 0.1) is 28.7 Å². The van der Waals surface area contributed by atoms with E-state index in [-0.39, 0.29) is 16.5 Å². The van der Waals surface area contributed by atoms with Gasteiger partial charge in [-0.15, -0.1) is 0 Å². The molecule has 4 unspecified atom stereocenters. The van der Waals surface area contributed by atoms with E-state index < -0.39 is 47.5 Å². The summed E-state index contributed by atoms with van der Waals surface area (Å²) >= 11 is 6.63. The highest BCUT2D eigenvalue weighted by Gasteiger charge is 2.39. The fourth-order valence-electron chi connectivity index (χ4n) is 6.09. The van der Waals surface area contributed by atoms with Gasteiger partial charge in [0.15, 0.2) is 0 Å². The molecule has 9 heteroatoms. The van der Waals surface area contributed by atoms with E-state index in [1.54, 1.807) is 42.5 Å². The highest BCUT2D eigenvalue weighted by Crippen LogP contribution is 2.47. The third-order valence-corrected chi connectivity index (χ3v) is 8.39. The summed E-state index contributed by atoms with van der Waals surface area (Å²) in [5.74, 6) is -6.11. The first kappa shape index (κ1) is 26.9. The maximum absolute atomic E-state index is 13.4. The largest absolute Gasteiger partial charge is 0.481 e. The van der Waals surface area contributed by atoms with E-state index in [0.29, 0.717) is 47.2 Å². The van der Waals surface area contributed by atoms with Gasteiger partial charge in [0.1, 0.15) is 11.5 Å². The molecule has 0 heterocycles. The van der Waals surface area contributed by atoms with Crippen LogP contribution in [0.15, 0.2) is 42.5 Å². The molecule has 0 saturated heterocycles. The summed E-state index contributed by atoms with van der Waals surface area (Å²) in [6.45, 7) is 0. The van der Waals surface area contributed by atoms with Crippen molar-refractivity contribution in [3.8, 4) is 11.5 Å². The van der Waals surface area contributed by atoms with Crippen LogP contribution in [0.4, 0.5) is 0 Å². The molecule has 3 aromatic rings. The van der Waals surface area contributed by atoms with E-state index in [9.17, 15) is 29.4 Å². The second-order valence-electron chi connectivity index (χ2n) is 10.4. The Kier molecular flexibility index (Phi) is 7.75. The van der Waals surface area contributed by atoms with E-state index in [1.165, 1.54) is 0 Å². The van der Waals surface area contributed by atoms with Crippen LogP contribution in [0.5, 0.6) is 11.5 Å². The van der Waals surface area contributed by atoms with Gasteiger partial charge in [0, 0.05) is 21.5 Å².